The van der Waals surface area contributed by atoms with E-state index in [0.29, 0.717) is 0 Å². The largest absolute Gasteiger partial charge is 1.00 e. The van der Waals surface area contributed by atoms with Crippen LogP contribution >= 0.6 is 0 Å². The zero-order valence-corrected chi connectivity index (χ0v) is 15.1. The minimum absolute atomic E-state index is 0. The van der Waals surface area contributed by atoms with Crippen LogP contribution in [0.5, 0.6) is 0 Å². The summed E-state index contributed by atoms with van der Waals surface area (Å²) >= 11 is 0. The topological polar surface area (TPSA) is 66.4 Å². The predicted molar refractivity (Wildman–Crippen MR) is 71.8 cm³/mol. The maximum absolute atomic E-state index is 10.1. The Morgan fingerprint density at radius 3 is 1.89 bits per heavy atom. The van der Waals surface area contributed by atoms with Gasteiger partial charge in [0.15, 0.2) is 0 Å². The second-order valence-electron chi connectivity index (χ2n) is 4.49. The van der Waals surface area contributed by atoms with Crippen molar-refractivity contribution in [3.05, 3.63) is 12.3 Å². The fourth-order valence-electron chi connectivity index (χ4n) is 1.75. The van der Waals surface area contributed by atoms with Gasteiger partial charge in [-0.25, -0.2) is 8.42 Å². The number of hydrogen-bond donors (Lipinski definition) is 0. The zero-order chi connectivity index (χ0) is 13.7. The van der Waals surface area contributed by atoms with Crippen LogP contribution in [-0.4, -0.2) is 13.0 Å². The maximum Gasteiger partial charge on any atom is 1.00 e. The molecule has 0 saturated heterocycles. The van der Waals surface area contributed by atoms with Crippen molar-refractivity contribution in [1.29, 1.82) is 0 Å². The third-order valence-corrected chi connectivity index (χ3v) is 3.09. The average Bonchev–Trinajstić information content (AvgIpc) is 2.29. The van der Waals surface area contributed by atoms with E-state index in [1.54, 1.807) is 6.08 Å². The van der Waals surface area contributed by atoms with Crippen LogP contribution in [-0.2, 0) is 14.6 Å². The molecule has 19 heavy (non-hydrogen) atoms. The molecular formula is C13H25NaO4S. The number of allylic oxidation sites excluding steroid dienone is 1. The quantitative estimate of drug-likeness (QED) is 0.177. The molecule has 0 fully saturated rings. The van der Waals surface area contributed by atoms with Gasteiger partial charge in [-0.3, -0.25) is 0 Å². The van der Waals surface area contributed by atoms with E-state index in [1.165, 1.54) is 44.9 Å². The first-order valence-corrected chi connectivity index (χ1v) is 8.18. The Labute approximate surface area is 140 Å². The average molecular weight is 300 g/mol. The van der Waals surface area contributed by atoms with Crippen LogP contribution in [0.25, 0.3) is 0 Å². The molecule has 0 bridgehead atoms. The number of hydrogen-bond acceptors (Lipinski definition) is 4. The first-order valence-electron chi connectivity index (χ1n) is 6.85. The van der Waals surface area contributed by atoms with Crippen molar-refractivity contribution in [3.63, 3.8) is 0 Å². The van der Waals surface area contributed by atoms with Gasteiger partial charge in [-0.1, -0.05) is 58.3 Å². The van der Waals surface area contributed by atoms with Crippen LogP contribution < -0.4 is 29.6 Å². The van der Waals surface area contributed by atoms with Gasteiger partial charge in [0.25, 0.3) is 10.4 Å². The van der Waals surface area contributed by atoms with Crippen LogP contribution in [0.15, 0.2) is 12.3 Å². The number of unbranched alkanes of at least 4 members (excludes halogenated alkanes) is 9. The molecule has 0 spiro atoms. The van der Waals surface area contributed by atoms with Gasteiger partial charge in [-0.2, -0.15) is 0 Å². The van der Waals surface area contributed by atoms with E-state index >= 15 is 0 Å². The summed E-state index contributed by atoms with van der Waals surface area (Å²) in [6.07, 6.45) is 14.6. The Morgan fingerprint density at radius 2 is 1.42 bits per heavy atom. The molecule has 0 unspecified atom stereocenters. The van der Waals surface area contributed by atoms with Crippen molar-refractivity contribution < 1.29 is 46.7 Å². The fourth-order valence-corrected chi connectivity index (χ4v) is 1.96. The molecule has 0 aliphatic carbocycles. The Morgan fingerprint density at radius 1 is 0.947 bits per heavy atom. The summed E-state index contributed by atoms with van der Waals surface area (Å²) in [4.78, 5) is 0. The van der Waals surface area contributed by atoms with E-state index in [4.69, 9.17) is 0 Å². The van der Waals surface area contributed by atoms with Crippen molar-refractivity contribution in [2.75, 3.05) is 0 Å². The Hall–Kier alpha value is 0.450. The van der Waals surface area contributed by atoms with Crippen LogP contribution in [0.3, 0.4) is 0 Å². The standard InChI is InChI=1S/C13H26O4S.Na/c1-2-3-4-5-6-7-8-9-10-11-12-13-17-18(14,15)16;/h12-13H,2-11H2,1H3,(H,14,15,16);/q;+1/p-1/b13-12+;. The summed E-state index contributed by atoms with van der Waals surface area (Å²) in [6, 6.07) is 0. The molecule has 4 nitrogen and oxygen atoms in total. The Balaban J connectivity index is 0. The summed E-state index contributed by atoms with van der Waals surface area (Å²) in [5.74, 6) is 0. The number of rotatable bonds is 12. The van der Waals surface area contributed by atoms with E-state index in [0.717, 1.165) is 25.5 Å². The summed E-state index contributed by atoms with van der Waals surface area (Å²) in [7, 11) is -4.57. The normalized spacial score (nSPS) is 11.5. The third kappa shape index (κ3) is 20.9. The van der Waals surface area contributed by atoms with Crippen LogP contribution in [0.4, 0.5) is 0 Å². The smallest absolute Gasteiger partial charge is 0.716 e. The molecular weight excluding hydrogens is 275 g/mol. The predicted octanol–water partition coefficient (Wildman–Crippen LogP) is 0.902. The van der Waals surface area contributed by atoms with E-state index in [-0.39, 0.29) is 29.6 Å². The molecule has 108 valence electrons. The second-order valence-corrected chi connectivity index (χ2v) is 5.50. The molecule has 0 N–H and O–H groups in total. The molecule has 0 atom stereocenters. The van der Waals surface area contributed by atoms with Crippen LogP contribution in [0, 0.1) is 0 Å². The monoisotopic (exact) mass is 300 g/mol. The zero-order valence-electron chi connectivity index (χ0n) is 12.3. The van der Waals surface area contributed by atoms with Gasteiger partial charge < -0.3 is 8.74 Å². The van der Waals surface area contributed by atoms with E-state index in [1.807, 2.05) is 0 Å². The molecule has 0 heterocycles. The molecule has 0 rings (SSSR count). The fraction of sp³-hybridized carbons (Fsp3) is 0.846. The van der Waals surface area contributed by atoms with Gasteiger partial charge in [0, 0.05) is 0 Å². The SMILES string of the molecule is CCCCCCCCCCC/C=C/OS(=O)(=O)[O-].[Na+]. The van der Waals surface area contributed by atoms with E-state index in [2.05, 4.69) is 11.1 Å². The summed E-state index contributed by atoms with van der Waals surface area (Å²) in [5, 5.41) is 0. The van der Waals surface area contributed by atoms with Crippen molar-refractivity contribution >= 4 is 10.4 Å². The van der Waals surface area contributed by atoms with Gasteiger partial charge in [0.1, 0.15) is 6.26 Å². The van der Waals surface area contributed by atoms with Crippen molar-refractivity contribution in [3.8, 4) is 0 Å². The summed E-state index contributed by atoms with van der Waals surface area (Å²) in [6.45, 7) is 2.22. The van der Waals surface area contributed by atoms with Crippen LogP contribution in [0.2, 0.25) is 0 Å². The van der Waals surface area contributed by atoms with Gasteiger partial charge in [0.05, 0.1) is 0 Å². The first kappa shape index (κ1) is 21.7. The van der Waals surface area contributed by atoms with Crippen molar-refractivity contribution in [1.82, 2.24) is 0 Å². The summed E-state index contributed by atoms with van der Waals surface area (Å²) in [5.41, 5.74) is 0. The second kappa shape index (κ2) is 14.9. The van der Waals surface area contributed by atoms with Crippen molar-refractivity contribution in [2.24, 2.45) is 0 Å². The molecule has 6 heteroatoms. The van der Waals surface area contributed by atoms with Gasteiger partial charge in [0.2, 0.25) is 0 Å². The molecule has 0 saturated carbocycles. The molecule has 0 aliphatic heterocycles. The van der Waals surface area contributed by atoms with E-state index in [9.17, 15) is 13.0 Å². The molecule has 0 aromatic rings. The van der Waals surface area contributed by atoms with Gasteiger partial charge >= 0.3 is 29.6 Å². The van der Waals surface area contributed by atoms with Crippen molar-refractivity contribution in [2.45, 2.75) is 71.1 Å². The Bertz CT molecular complexity index is 302. The minimum Gasteiger partial charge on any atom is -0.716 e. The molecule has 0 aromatic carbocycles. The minimum atomic E-state index is -4.57. The maximum atomic E-state index is 10.1. The third-order valence-electron chi connectivity index (χ3n) is 2.74. The molecule has 0 aliphatic rings. The van der Waals surface area contributed by atoms with E-state index < -0.39 is 10.4 Å². The van der Waals surface area contributed by atoms with Gasteiger partial charge in [-0.05, 0) is 18.9 Å². The molecule has 0 aromatic heterocycles. The van der Waals surface area contributed by atoms with Crippen LogP contribution in [0.1, 0.15) is 71.1 Å². The summed E-state index contributed by atoms with van der Waals surface area (Å²) < 4.78 is 34.2. The molecule has 0 radical (unpaired) electrons. The first-order chi connectivity index (χ1) is 8.56. The Kier molecular flexibility index (Phi) is 17.0. The molecule has 0 amide bonds. The van der Waals surface area contributed by atoms with Gasteiger partial charge in [-0.15, -0.1) is 0 Å².